The summed E-state index contributed by atoms with van der Waals surface area (Å²) in [5.74, 6) is 0.694. The Morgan fingerprint density at radius 3 is 2.74 bits per heavy atom. The molecule has 1 fully saturated rings. The first-order valence-electron chi connectivity index (χ1n) is 6.97. The predicted molar refractivity (Wildman–Crippen MR) is 78.5 cm³/mol. The van der Waals surface area contributed by atoms with E-state index in [4.69, 9.17) is 4.74 Å². The van der Waals surface area contributed by atoms with E-state index in [1.54, 1.807) is 6.08 Å². The highest BCUT2D eigenvalue weighted by Crippen LogP contribution is 2.25. The van der Waals surface area contributed by atoms with E-state index in [1.165, 1.54) is 18.4 Å². The van der Waals surface area contributed by atoms with E-state index < -0.39 is 0 Å². The van der Waals surface area contributed by atoms with E-state index >= 15 is 0 Å². The first kappa shape index (κ1) is 14.1. The van der Waals surface area contributed by atoms with Crippen molar-refractivity contribution in [2.24, 2.45) is 0 Å². The molecule has 1 aliphatic rings. The third-order valence-electron chi connectivity index (χ3n) is 3.15. The van der Waals surface area contributed by atoms with Gasteiger partial charge in [0.05, 0.1) is 5.69 Å². The largest absolute Gasteiger partial charge is 0.473 e. The zero-order valence-electron chi connectivity index (χ0n) is 12.2. The van der Waals surface area contributed by atoms with Crippen molar-refractivity contribution in [3.05, 3.63) is 36.0 Å². The molecule has 0 spiro atoms. The van der Waals surface area contributed by atoms with Crippen LogP contribution in [0.5, 0.6) is 5.88 Å². The maximum atomic E-state index is 5.60. The topological polar surface area (TPSA) is 34.1 Å². The smallest absolute Gasteiger partial charge is 0.214 e. The van der Waals surface area contributed by atoms with Crippen molar-refractivity contribution in [2.75, 3.05) is 6.61 Å². The van der Waals surface area contributed by atoms with Crippen molar-refractivity contribution in [3.63, 3.8) is 0 Å². The van der Waals surface area contributed by atoms with Crippen molar-refractivity contribution < 1.29 is 4.74 Å². The van der Waals surface area contributed by atoms with Gasteiger partial charge in [0.25, 0.3) is 0 Å². The maximum absolute atomic E-state index is 5.60. The molecular weight excluding hydrogens is 236 g/mol. The van der Waals surface area contributed by atoms with Crippen LogP contribution >= 0.6 is 0 Å². The minimum Gasteiger partial charge on any atom is -0.473 e. The normalized spacial score (nSPS) is 15.3. The molecule has 1 N–H and O–H groups in total. The number of pyridine rings is 1. The lowest BCUT2D eigenvalue weighted by Crippen LogP contribution is -2.18. The van der Waals surface area contributed by atoms with Gasteiger partial charge in [0.1, 0.15) is 6.61 Å². The average Bonchev–Trinajstić information content (AvgIpc) is 3.16. The Labute approximate surface area is 116 Å². The minimum atomic E-state index is 0.0296. The van der Waals surface area contributed by atoms with Gasteiger partial charge in [-0.25, -0.2) is 4.98 Å². The van der Waals surface area contributed by atoms with Crippen LogP contribution in [0.15, 0.2) is 24.8 Å². The molecule has 0 saturated heterocycles. The number of aromatic nitrogens is 1. The van der Waals surface area contributed by atoms with Crippen LogP contribution in [0, 0.1) is 0 Å². The average molecular weight is 260 g/mol. The van der Waals surface area contributed by atoms with Gasteiger partial charge in [-0.15, -0.1) is 0 Å². The summed E-state index contributed by atoms with van der Waals surface area (Å²) in [7, 11) is 0. The van der Waals surface area contributed by atoms with Crippen LogP contribution in [0.4, 0.5) is 0 Å². The molecule has 0 bridgehead atoms. The first-order valence-corrected chi connectivity index (χ1v) is 6.97. The van der Waals surface area contributed by atoms with Gasteiger partial charge in [0.15, 0.2) is 0 Å². The van der Waals surface area contributed by atoms with Gasteiger partial charge in [-0.2, -0.15) is 0 Å². The van der Waals surface area contributed by atoms with Crippen LogP contribution in [0.1, 0.15) is 44.9 Å². The molecule has 0 unspecified atom stereocenters. The summed E-state index contributed by atoms with van der Waals surface area (Å²) in [5, 5.41) is 3.53. The highest BCUT2D eigenvalue weighted by atomic mass is 16.5. The number of ether oxygens (including phenoxy) is 1. The van der Waals surface area contributed by atoms with Crippen LogP contribution in [0.25, 0.3) is 0 Å². The standard InChI is InChI=1S/C16H24N2O/c1-5-8-19-15-10-12(11-17-13-6-7-13)9-14(18-15)16(2,3)4/h5,9-10,13,17H,1,6-8,11H2,2-4H3. The maximum Gasteiger partial charge on any atom is 0.214 e. The fraction of sp³-hybridized carbons (Fsp3) is 0.562. The SMILES string of the molecule is C=CCOc1cc(CNC2CC2)cc(C(C)(C)C)n1. The zero-order valence-corrected chi connectivity index (χ0v) is 12.2. The molecule has 2 rings (SSSR count). The van der Waals surface area contributed by atoms with Crippen molar-refractivity contribution in [1.82, 2.24) is 10.3 Å². The molecule has 3 heteroatoms. The van der Waals surface area contributed by atoms with Gasteiger partial charge in [-0.1, -0.05) is 33.4 Å². The van der Waals surface area contributed by atoms with Crippen LogP contribution in [0.2, 0.25) is 0 Å². The van der Waals surface area contributed by atoms with Crippen molar-refractivity contribution in [3.8, 4) is 5.88 Å². The number of hydrogen-bond acceptors (Lipinski definition) is 3. The molecule has 1 saturated carbocycles. The van der Waals surface area contributed by atoms with E-state index in [2.05, 4.69) is 43.7 Å². The summed E-state index contributed by atoms with van der Waals surface area (Å²) >= 11 is 0. The summed E-state index contributed by atoms with van der Waals surface area (Å²) in [6.07, 6.45) is 4.35. The third-order valence-corrected chi connectivity index (χ3v) is 3.15. The molecule has 0 aliphatic heterocycles. The highest BCUT2D eigenvalue weighted by Gasteiger charge is 2.21. The van der Waals surface area contributed by atoms with Crippen molar-refractivity contribution >= 4 is 0 Å². The molecular formula is C16H24N2O. The summed E-state index contributed by atoms with van der Waals surface area (Å²) in [6.45, 7) is 11.6. The van der Waals surface area contributed by atoms with Crippen molar-refractivity contribution in [2.45, 2.75) is 51.6 Å². The van der Waals surface area contributed by atoms with E-state index in [-0.39, 0.29) is 5.41 Å². The number of rotatable bonds is 6. The lowest BCUT2D eigenvalue weighted by atomic mass is 9.91. The van der Waals surface area contributed by atoms with Gasteiger partial charge in [-0.3, -0.25) is 0 Å². The molecule has 0 radical (unpaired) electrons. The molecule has 1 aliphatic carbocycles. The van der Waals surface area contributed by atoms with E-state index in [0.717, 1.165) is 12.2 Å². The van der Waals surface area contributed by atoms with E-state index in [1.807, 2.05) is 6.07 Å². The second kappa shape index (κ2) is 5.74. The Morgan fingerprint density at radius 2 is 2.16 bits per heavy atom. The fourth-order valence-corrected chi connectivity index (χ4v) is 1.81. The monoisotopic (exact) mass is 260 g/mol. The fourth-order valence-electron chi connectivity index (χ4n) is 1.81. The summed E-state index contributed by atoms with van der Waals surface area (Å²) in [5.41, 5.74) is 2.34. The van der Waals surface area contributed by atoms with Crippen LogP contribution in [0.3, 0.4) is 0 Å². The van der Waals surface area contributed by atoms with Gasteiger partial charge in [-0.05, 0) is 24.5 Å². The summed E-state index contributed by atoms with van der Waals surface area (Å²) in [4.78, 5) is 4.59. The molecule has 1 heterocycles. The summed E-state index contributed by atoms with van der Waals surface area (Å²) < 4.78 is 5.60. The third kappa shape index (κ3) is 4.35. The molecule has 0 aromatic carbocycles. The van der Waals surface area contributed by atoms with Gasteiger partial charge in [0, 0.05) is 24.1 Å². The second-order valence-corrected chi connectivity index (χ2v) is 6.20. The van der Waals surface area contributed by atoms with E-state index in [0.29, 0.717) is 18.5 Å². The Morgan fingerprint density at radius 1 is 1.42 bits per heavy atom. The molecule has 19 heavy (non-hydrogen) atoms. The molecule has 1 aromatic rings. The lowest BCUT2D eigenvalue weighted by molar-refractivity contribution is 0.344. The lowest BCUT2D eigenvalue weighted by Gasteiger charge is -2.20. The Balaban J connectivity index is 2.16. The number of hydrogen-bond donors (Lipinski definition) is 1. The molecule has 1 aromatic heterocycles. The Bertz CT molecular complexity index is 445. The highest BCUT2D eigenvalue weighted by molar-refractivity contribution is 5.28. The zero-order chi connectivity index (χ0) is 13.9. The number of nitrogens with one attached hydrogen (secondary N) is 1. The molecule has 3 nitrogen and oxygen atoms in total. The van der Waals surface area contributed by atoms with E-state index in [9.17, 15) is 0 Å². The van der Waals surface area contributed by atoms with Gasteiger partial charge >= 0.3 is 0 Å². The molecule has 0 atom stereocenters. The van der Waals surface area contributed by atoms with Crippen LogP contribution in [-0.4, -0.2) is 17.6 Å². The minimum absolute atomic E-state index is 0.0296. The van der Waals surface area contributed by atoms with Crippen LogP contribution in [-0.2, 0) is 12.0 Å². The molecule has 104 valence electrons. The Kier molecular flexibility index (Phi) is 4.25. The van der Waals surface area contributed by atoms with Gasteiger partial charge < -0.3 is 10.1 Å². The second-order valence-electron chi connectivity index (χ2n) is 6.20. The summed E-state index contributed by atoms with van der Waals surface area (Å²) in [6, 6.07) is 4.91. The quantitative estimate of drug-likeness (QED) is 0.798. The van der Waals surface area contributed by atoms with Crippen molar-refractivity contribution in [1.29, 1.82) is 0 Å². The Hall–Kier alpha value is -1.35. The van der Waals surface area contributed by atoms with Gasteiger partial charge in [0.2, 0.25) is 5.88 Å². The first-order chi connectivity index (χ1) is 8.99. The molecule has 0 amide bonds. The van der Waals surface area contributed by atoms with Crippen LogP contribution < -0.4 is 10.1 Å². The number of nitrogens with zero attached hydrogens (tertiary/aromatic N) is 1. The predicted octanol–water partition coefficient (Wildman–Crippen LogP) is 3.20.